The standard InChI is InChI=1S/C14H21NO3/c1-11-5-7-12(8-6-11)18-10-4-3-9-14(2,15)13(16)17/h5-8H,3-4,9-10,15H2,1-2H3,(H,16,17). The predicted octanol–water partition coefficient (Wildman–Crippen LogP) is 2.35. The van der Waals surface area contributed by atoms with Crippen molar-refractivity contribution in [1.82, 2.24) is 0 Å². The maximum atomic E-state index is 10.8. The largest absolute Gasteiger partial charge is 0.494 e. The number of aryl methyl sites for hydroxylation is 1. The second kappa shape index (κ2) is 6.40. The molecule has 0 aliphatic carbocycles. The molecule has 0 aromatic heterocycles. The molecule has 0 amide bonds. The smallest absolute Gasteiger partial charge is 0.323 e. The molecule has 1 aromatic carbocycles. The monoisotopic (exact) mass is 251 g/mol. The summed E-state index contributed by atoms with van der Waals surface area (Å²) in [6.07, 6.45) is 2.00. The van der Waals surface area contributed by atoms with Gasteiger partial charge < -0.3 is 15.6 Å². The third-order valence-electron chi connectivity index (χ3n) is 2.87. The lowest BCUT2D eigenvalue weighted by Gasteiger charge is -2.18. The maximum Gasteiger partial charge on any atom is 0.323 e. The highest BCUT2D eigenvalue weighted by Gasteiger charge is 2.26. The van der Waals surface area contributed by atoms with Gasteiger partial charge in [-0.25, -0.2) is 0 Å². The molecule has 4 heteroatoms. The van der Waals surface area contributed by atoms with Crippen LogP contribution in [0.4, 0.5) is 0 Å². The summed E-state index contributed by atoms with van der Waals surface area (Å²) >= 11 is 0. The normalized spacial score (nSPS) is 13.9. The number of carboxylic acids is 1. The van der Waals surface area contributed by atoms with Crippen molar-refractivity contribution >= 4 is 5.97 Å². The van der Waals surface area contributed by atoms with Gasteiger partial charge in [0.05, 0.1) is 6.61 Å². The van der Waals surface area contributed by atoms with Gasteiger partial charge in [-0.1, -0.05) is 17.7 Å². The summed E-state index contributed by atoms with van der Waals surface area (Å²) in [6, 6.07) is 7.85. The number of rotatable bonds is 7. The van der Waals surface area contributed by atoms with Crippen molar-refractivity contribution in [3.63, 3.8) is 0 Å². The average molecular weight is 251 g/mol. The zero-order valence-corrected chi connectivity index (χ0v) is 11.0. The van der Waals surface area contributed by atoms with Gasteiger partial charge in [-0.05, 0) is 45.2 Å². The van der Waals surface area contributed by atoms with Crippen molar-refractivity contribution in [1.29, 1.82) is 0 Å². The highest BCUT2D eigenvalue weighted by molar-refractivity contribution is 5.77. The highest BCUT2D eigenvalue weighted by atomic mass is 16.5. The van der Waals surface area contributed by atoms with Crippen LogP contribution in [-0.4, -0.2) is 23.2 Å². The molecule has 0 aliphatic heterocycles. The van der Waals surface area contributed by atoms with Crippen molar-refractivity contribution in [3.05, 3.63) is 29.8 Å². The molecule has 0 radical (unpaired) electrons. The molecule has 100 valence electrons. The molecule has 3 N–H and O–H groups in total. The molecule has 4 nitrogen and oxygen atoms in total. The van der Waals surface area contributed by atoms with E-state index < -0.39 is 11.5 Å². The molecule has 0 bridgehead atoms. The van der Waals surface area contributed by atoms with E-state index >= 15 is 0 Å². The van der Waals surface area contributed by atoms with Crippen LogP contribution in [0.3, 0.4) is 0 Å². The van der Waals surface area contributed by atoms with E-state index in [0.717, 1.165) is 18.6 Å². The second-order valence-corrected chi connectivity index (χ2v) is 4.84. The molecule has 0 saturated carbocycles. The van der Waals surface area contributed by atoms with E-state index in [1.165, 1.54) is 12.5 Å². The quantitative estimate of drug-likeness (QED) is 0.730. The van der Waals surface area contributed by atoms with Gasteiger partial charge in [0, 0.05) is 0 Å². The SMILES string of the molecule is Cc1ccc(OCCCCC(C)(N)C(=O)O)cc1. The Morgan fingerprint density at radius 1 is 1.33 bits per heavy atom. The van der Waals surface area contributed by atoms with Gasteiger partial charge in [0.25, 0.3) is 0 Å². The summed E-state index contributed by atoms with van der Waals surface area (Å²) in [7, 11) is 0. The van der Waals surface area contributed by atoms with Crippen LogP contribution in [0.2, 0.25) is 0 Å². The summed E-state index contributed by atoms with van der Waals surface area (Å²) in [5.41, 5.74) is 5.69. The molecule has 1 unspecified atom stereocenters. The zero-order chi connectivity index (χ0) is 13.6. The van der Waals surface area contributed by atoms with E-state index in [1.807, 2.05) is 31.2 Å². The molecule has 1 atom stereocenters. The van der Waals surface area contributed by atoms with E-state index in [2.05, 4.69) is 0 Å². The van der Waals surface area contributed by atoms with Gasteiger partial charge in [-0.15, -0.1) is 0 Å². The van der Waals surface area contributed by atoms with Crippen LogP contribution in [0.25, 0.3) is 0 Å². The lowest BCUT2D eigenvalue weighted by atomic mass is 9.97. The Kier molecular flexibility index (Phi) is 5.16. The molecule has 1 aromatic rings. The Labute approximate surface area is 108 Å². The van der Waals surface area contributed by atoms with Crippen molar-refractivity contribution in [3.8, 4) is 5.75 Å². The third-order valence-corrected chi connectivity index (χ3v) is 2.87. The van der Waals surface area contributed by atoms with Gasteiger partial charge in [-0.2, -0.15) is 0 Å². The molecular weight excluding hydrogens is 230 g/mol. The Morgan fingerprint density at radius 3 is 2.50 bits per heavy atom. The van der Waals surface area contributed by atoms with E-state index in [4.69, 9.17) is 15.6 Å². The summed E-state index contributed by atoms with van der Waals surface area (Å²) in [6.45, 7) is 4.15. The Bertz CT molecular complexity index is 385. The first kappa shape index (κ1) is 14.5. The van der Waals surface area contributed by atoms with Crippen molar-refractivity contribution < 1.29 is 14.6 Å². The fourth-order valence-electron chi connectivity index (χ4n) is 1.53. The van der Waals surface area contributed by atoms with Gasteiger partial charge in [0.1, 0.15) is 11.3 Å². The Balaban J connectivity index is 2.20. The van der Waals surface area contributed by atoms with Crippen LogP contribution in [0.1, 0.15) is 31.7 Å². The zero-order valence-electron chi connectivity index (χ0n) is 11.0. The first-order valence-electron chi connectivity index (χ1n) is 6.13. The fourth-order valence-corrected chi connectivity index (χ4v) is 1.53. The number of nitrogens with two attached hydrogens (primary N) is 1. The predicted molar refractivity (Wildman–Crippen MR) is 70.8 cm³/mol. The lowest BCUT2D eigenvalue weighted by molar-refractivity contribution is -0.142. The molecular formula is C14H21NO3. The number of aliphatic carboxylic acids is 1. The molecule has 1 rings (SSSR count). The van der Waals surface area contributed by atoms with Crippen LogP contribution in [0, 0.1) is 6.92 Å². The van der Waals surface area contributed by atoms with Gasteiger partial charge in [0.2, 0.25) is 0 Å². The summed E-state index contributed by atoms with van der Waals surface area (Å²) < 4.78 is 5.55. The van der Waals surface area contributed by atoms with Gasteiger partial charge in [0.15, 0.2) is 0 Å². The molecule has 0 fully saturated rings. The summed E-state index contributed by atoms with van der Waals surface area (Å²) in [4.78, 5) is 10.8. The van der Waals surface area contributed by atoms with Crippen LogP contribution in [-0.2, 0) is 4.79 Å². The number of ether oxygens (including phenoxy) is 1. The fraction of sp³-hybridized carbons (Fsp3) is 0.500. The van der Waals surface area contributed by atoms with E-state index in [1.54, 1.807) is 0 Å². The van der Waals surface area contributed by atoms with E-state index in [0.29, 0.717) is 13.0 Å². The first-order valence-corrected chi connectivity index (χ1v) is 6.13. The highest BCUT2D eigenvalue weighted by Crippen LogP contribution is 2.14. The maximum absolute atomic E-state index is 10.8. The minimum absolute atomic E-state index is 0.458. The lowest BCUT2D eigenvalue weighted by Crippen LogP contribution is -2.44. The average Bonchev–Trinajstić information content (AvgIpc) is 2.31. The number of benzene rings is 1. The Hall–Kier alpha value is -1.55. The van der Waals surface area contributed by atoms with Crippen LogP contribution < -0.4 is 10.5 Å². The number of carboxylic acid groups (broad SMARTS) is 1. The van der Waals surface area contributed by atoms with Crippen LogP contribution in [0.5, 0.6) is 5.75 Å². The minimum Gasteiger partial charge on any atom is -0.494 e. The summed E-state index contributed by atoms with van der Waals surface area (Å²) in [5, 5.41) is 8.85. The number of hydrogen-bond acceptors (Lipinski definition) is 3. The van der Waals surface area contributed by atoms with Gasteiger partial charge >= 0.3 is 5.97 Å². The molecule has 0 saturated heterocycles. The number of unbranched alkanes of at least 4 members (excludes halogenated alkanes) is 1. The molecule has 0 spiro atoms. The molecule has 0 aliphatic rings. The molecule has 0 heterocycles. The minimum atomic E-state index is -1.14. The third kappa shape index (κ3) is 4.75. The Morgan fingerprint density at radius 2 is 1.94 bits per heavy atom. The van der Waals surface area contributed by atoms with Gasteiger partial charge in [-0.3, -0.25) is 4.79 Å². The topological polar surface area (TPSA) is 72.5 Å². The van der Waals surface area contributed by atoms with Crippen LogP contribution >= 0.6 is 0 Å². The van der Waals surface area contributed by atoms with E-state index in [9.17, 15) is 4.79 Å². The van der Waals surface area contributed by atoms with E-state index in [-0.39, 0.29) is 0 Å². The first-order chi connectivity index (χ1) is 8.42. The van der Waals surface area contributed by atoms with Crippen LogP contribution in [0.15, 0.2) is 24.3 Å². The van der Waals surface area contributed by atoms with Crippen molar-refractivity contribution in [2.75, 3.05) is 6.61 Å². The van der Waals surface area contributed by atoms with Crippen molar-refractivity contribution in [2.45, 2.75) is 38.6 Å². The summed E-state index contributed by atoms with van der Waals surface area (Å²) in [5.74, 6) is -0.115. The van der Waals surface area contributed by atoms with Crippen molar-refractivity contribution in [2.24, 2.45) is 5.73 Å². The number of hydrogen-bond donors (Lipinski definition) is 2. The second-order valence-electron chi connectivity index (χ2n) is 4.84. The number of carbonyl (C=O) groups is 1. The molecule has 18 heavy (non-hydrogen) atoms.